The van der Waals surface area contributed by atoms with Gasteiger partial charge in [0.25, 0.3) is 0 Å². The number of esters is 1. The topological polar surface area (TPSA) is 81.4 Å². The van der Waals surface area contributed by atoms with Crippen LogP contribution in [0.5, 0.6) is 0 Å². The lowest BCUT2D eigenvalue weighted by Crippen LogP contribution is -2.48. The van der Waals surface area contributed by atoms with Crippen molar-refractivity contribution in [2.75, 3.05) is 0 Å². The Hall–Kier alpha value is -2.37. The fourth-order valence-electron chi connectivity index (χ4n) is 2.17. The third-order valence-electron chi connectivity index (χ3n) is 3.54. The minimum atomic E-state index is -0.789. The summed E-state index contributed by atoms with van der Waals surface area (Å²) in [6.45, 7) is 1.72. The first kappa shape index (κ1) is 19.0. The Labute approximate surface area is 155 Å². The molecular formula is C19H23ClN2O3. The lowest BCUT2D eigenvalue weighted by atomic mass is 10.1. The van der Waals surface area contributed by atoms with Gasteiger partial charge in [-0.15, -0.1) is 12.4 Å². The Morgan fingerprint density at radius 3 is 2.20 bits per heavy atom. The summed E-state index contributed by atoms with van der Waals surface area (Å²) < 4.78 is 12.6. The molecule has 0 fully saturated rings. The molecule has 0 spiro atoms. The summed E-state index contributed by atoms with van der Waals surface area (Å²) in [4.78, 5) is 24.3. The lowest BCUT2D eigenvalue weighted by Gasteiger charge is -2.17. The Morgan fingerprint density at radius 1 is 1.08 bits per heavy atom. The van der Waals surface area contributed by atoms with E-state index in [1.54, 1.807) is 6.92 Å². The maximum atomic E-state index is 12.3. The van der Waals surface area contributed by atoms with E-state index in [-0.39, 0.29) is 19.0 Å². The molecule has 0 heterocycles. The molecule has 2 rings (SSSR count). The van der Waals surface area contributed by atoms with Gasteiger partial charge < -0.3 is 15.8 Å². The second-order valence-corrected chi connectivity index (χ2v) is 5.57. The van der Waals surface area contributed by atoms with Crippen LogP contribution in [-0.2, 0) is 27.4 Å². The van der Waals surface area contributed by atoms with E-state index in [4.69, 9.17) is 6.15 Å². The maximum Gasteiger partial charge on any atom is 0.328 e. The van der Waals surface area contributed by atoms with Crippen molar-refractivity contribution in [3.8, 4) is 0 Å². The van der Waals surface area contributed by atoms with Crippen molar-refractivity contribution >= 4 is 24.3 Å². The van der Waals surface area contributed by atoms with Gasteiger partial charge in [-0.1, -0.05) is 60.7 Å². The first-order chi connectivity index (χ1) is 12.1. The van der Waals surface area contributed by atoms with Crippen LogP contribution in [0, 0.1) is 0 Å². The number of halogens is 1. The molecule has 5 nitrogen and oxygen atoms in total. The predicted octanol–water partition coefficient (Wildman–Crippen LogP) is 2.23. The van der Waals surface area contributed by atoms with Crippen LogP contribution in [0.3, 0.4) is 0 Å². The molecule has 0 unspecified atom stereocenters. The van der Waals surface area contributed by atoms with Crippen LogP contribution >= 0.6 is 12.4 Å². The third-order valence-corrected chi connectivity index (χ3v) is 3.54. The summed E-state index contributed by atoms with van der Waals surface area (Å²) in [5, 5.41) is 2.59. The van der Waals surface area contributed by atoms with Gasteiger partial charge in [0.1, 0.15) is 14.1 Å². The number of carbonyl (C=O) groups is 2. The number of nitrogens with two attached hydrogens (primary N) is 1. The number of hydrogen-bond donors (Lipinski definition) is 2. The molecule has 25 heavy (non-hydrogen) atoms. The highest BCUT2D eigenvalue weighted by molar-refractivity contribution is 5.87. The molecule has 0 radical (unpaired) electrons. The highest BCUT2D eigenvalue weighted by atomic mass is 35.5. The number of nitrogens with one attached hydrogen (secondary N) is 1. The van der Waals surface area contributed by atoms with Crippen molar-refractivity contribution in [2.24, 2.45) is 5.73 Å². The number of benzene rings is 2. The third kappa shape index (κ3) is 6.95. The van der Waals surface area contributed by atoms with Crippen molar-refractivity contribution in [2.45, 2.75) is 32.0 Å². The van der Waals surface area contributed by atoms with Crippen LogP contribution in [0.15, 0.2) is 60.7 Å². The molecular weight excluding hydrogens is 340 g/mol. The van der Waals surface area contributed by atoms with Crippen molar-refractivity contribution in [3.05, 3.63) is 71.8 Å². The van der Waals surface area contributed by atoms with E-state index >= 15 is 0 Å². The van der Waals surface area contributed by atoms with E-state index in [2.05, 4.69) is 11.0 Å². The minimum Gasteiger partial charge on any atom is -0.459 e. The number of carbonyl (C=O) groups excluding carboxylic acids is 2. The van der Waals surface area contributed by atoms with E-state index in [0.717, 1.165) is 11.1 Å². The normalized spacial score (nSPS) is 12.9. The standard InChI is InChI=1S/C19H22N2O3.ClH/c1-14(19(23)24-13-16-10-6-3-7-11-16)21-18(22)17(20)12-15-8-4-2-5-9-15;/h2-11,14,17H,12-13,20H2,1H3,(H,21,22);1H/t14-,17+;/m0./s1/i/hD. The zero-order chi connectivity index (χ0) is 18.1. The molecule has 1 amide bonds. The molecule has 6 heteroatoms. The van der Waals surface area contributed by atoms with Crippen LogP contribution in [-0.4, -0.2) is 24.0 Å². The second-order valence-electron chi connectivity index (χ2n) is 5.57. The smallest absolute Gasteiger partial charge is 0.328 e. The van der Waals surface area contributed by atoms with Gasteiger partial charge in [-0.2, -0.15) is 0 Å². The summed E-state index contributed by atoms with van der Waals surface area (Å²) in [5.41, 5.74) is 4.05. The quantitative estimate of drug-likeness (QED) is 0.705. The number of ether oxygens (including phenoxy) is 1. The van der Waals surface area contributed by atoms with Crippen LogP contribution in [0.2, 0.25) is 1.41 Å². The van der Waals surface area contributed by atoms with Gasteiger partial charge in [-0.05, 0) is 24.5 Å². The monoisotopic (exact) mass is 363 g/mol. The first-order valence-corrected chi connectivity index (χ1v) is 7.82. The minimum absolute atomic E-state index is 0. The van der Waals surface area contributed by atoms with E-state index in [1.165, 1.54) is 0 Å². The molecule has 134 valence electrons. The maximum absolute atomic E-state index is 12.3. The fourth-order valence-corrected chi connectivity index (χ4v) is 2.17. The van der Waals surface area contributed by atoms with Crippen molar-refractivity contribution in [1.29, 1.82) is 0 Å². The van der Waals surface area contributed by atoms with Crippen LogP contribution in [0.1, 0.15) is 18.1 Å². The highest BCUT2D eigenvalue weighted by Gasteiger charge is 2.21. The number of rotatable bonds is 8. The molecule has 0 aliphatic carbocycles. The number of amides is 1. The summed E-state index contributed by atoms with van der Waals surface area (Å²) in [6, 6.07) is 17.2. The molecule has 0 bridgehead atoms. The van der Waals surface area contributed by atoms with Gasteiger partial charge in [0.2, 0.25) is 5.91 Å². The Bertz CT molecular complexity index is 686. The molecule has 0 saturated heterocycles. The molecule has 0 aromatic heterocycles. The molecule has 2 aromatic carbocycles. The van der Waals surface area contributed by atoms with E-state index < -0.39 is 24.0 Å². The van der Waals surface area contributed by atoms with Gasteiger partial charge in [0.15, 0.2) is 0 Å². The Morgan fingerprint density at radius 2 is 1.64 bits per heavy atom. The predicted molar refractivity (Wildman–Crippen MR) is 99.2 cm³/mol. The average molecular weight is 364 g/mol. The van der Waals surface area contributed by atoms with Gasteiger partial charge in [0, 0.05) is 0 Å². The SMILES string of the molecule is Cl.[2H]N[C@H](Cc1ccccc1)C(=O)N[C@@H](C)C(=O)OCc1ccccc1. The van der Waals surface area contributed by atoms with Gasteiger partial charge in [0.05, 0.1) is 6.04 Å². The van der Waals surface area contributed by atoms with Crippen LogP contribution in [0.4, 0.5) is 0 Å². The highest BCUT2D eigenvalue weighted by Crippen LogP contribution is 2.04. The zero-order valence-corrected chi connectivity index (χ0v) is 14.8. The Kier molecular flexibility index (Phi) is 7.95. The summed E-state index contributed by atoms with van der Waals surface area (Å²) in [6.07, 6.45) is 0.363. The van der Waals surface area contributed by atoms with E-state index in [1.807, 2.05) is 60.7 Å². The first-order valence-electron chi connectivity index (χ1n) is 8.32. The molecule has 2 aromatic rings. The summed E-state index contributed by atoms with van der Waals surface area (Å²) in [5.74, 6) is -0.927. The van der Waals surface area contributed by atoms with Crippen molar-refractivity contribution in [1.82, 2.24) is 5.32 Å². The van der Waals surface area contributed by atoms with E-state index in [9.17, 15) is 9.59 Å². The Balaban J connectivity index is 0.00000338. The summed E-state index contributed by atoms with van der Waals surface area (Å²) >= 11 is 0. The van der Waals surface area contributed by atoms with Crippen LogP contribution < -0.4 is 11.0 Å². The average Bonchev–Trinajstić information content (AvgIpc) is 2.65. The molecule has 0 aliphatic rings. The van der Waals surface area contributed by atoms with Gasteiger partial charge >= 0.3 is 5.97 Å². The summed E-state index contributed by atoms with van der Waals surface area (Å²) in [7, 11) is 0. The van der Waals surface area contributed by atoms with E-state index in [0.29, 0.717) is 6.42 Å². The largest absolute Gasteiger partial charge is 0.459 e. The molecule has 0 saturated carbocycles. The number of hydrogen-bond acceptors (Lipinski definition) is 4. The van der Waals surface area contributed by atoms with Crippen LogP contribution in [0.25, 0.3) is 0 Å². The zero-order valence-electron chi connectivity index (χ0n) is 15.0. The van der Waals surface area contributed by atoms with Crippen molar-refractivity contribution < 1.29 is 15.7 Å². The van der Waals surface area contributed by atoms with Gasteiger partial charge in [-0.3, -0.25) is 4.79 Å². The molecule has 3 N–H and O–H groups in total. The molecule has 0 aliphatic heterocycles. The molecule has 2 atom stereocenters. The van der Waals surface area contributed by atoms with Crippen molar-refractivity contribution in [3.63, 3.8) is 0 Å². The fraction of sp³-hybridized carbons (Fsp3) is 0.263. The lowest BCUT2D eigenvalue weighted by molar-refractivity contribution is -0.148. The second kappa shape index (κ2) is 10.5. The van der Waals surface area contributed by atoms with Gasteiger partial charge in [-0.25, -0.2) is 4.79 Å².